The van der Waals surface area contributed by atoms with E-state index in [0.717, 1.165) is 64.2 Å². The molecule has 2 unspecified atom stereocenters. The van der Waals surface area contributed by atoms with Crippen molar-refractivity contribution in [1.29, 1.82) is 0 Å². The minimum absolute atomic E-state index is 0.000148. The Balaban J connectivity index is 1.04. The molecule has 2 atom stereocenters. The molecule has 2 N–H and O–H groups in total. The molecule has 0 radical (unpaired) electrons. The van der Waals surface area contributed by atoms with Gasteiger partial charge in [0.05, 0.1) is 6.61 Å². The molecule has 3 aromatic carbocycles. The Morgan fingerprint density at radius 2 is 1.61 bits per heavy atom. The number of ether oxygens (including phenoxy) is 1. The number of anilines is 1. The van der Waals surface area contributed by atoms with Crippen LogP contribution in [0.2, 0.25) is 0 Å². The molecule has 5 aliphatic rings. The molecule has 9 rings (SSSR count). The number of rotatable bonds is 7. The Labute approximate surface area is 280 Å². The van der Waals surface area contributed by atoms with Crippen molar-refractivity contribution in [2.24, 2.45) is 10.8 Å². The summed E-state index contributed by atoms with van der Waals surface area (Å²) in [4.78, 5) is 13.9. The highest BCUT2D eigenvalue weighted by molar-refractivity contribution is 6.01. The molecule has 12 heteroatoms. The number of phenols is 1. The third-order valence-electron chi connectivity index (χ3n) is 11.8. The zero-order valence-corrected chi connectivity index (χ0v) is 27.1. The Kier molecular flexibility index (Phi) is 7.08. The minimum atomic E-state index is -2.51. The van der Waals surface area contributed by atoms with Crippen molar-refractivity contribution in [3.8, 4) is 22.9 Å². The summed E-state index contributed by atoms with van der Waals surface area (Å²) >= 11 is 0. The largest absolute Gasteiger partial charge is 0.508 e. The maximum atomic E-state index is 16.8. The third-order valence-corrected chi connectivity index (χ3v) is 11.8. The van der Waals surface area contributed by atoms with Gasteiger partial charge in [-0.15, -0.1) is 0 Å². The van der Waals surface area contributed by atoms with Gasteiger partial charge in [0.2, 0.25) is 5.92 Å². The predicted molar refractivity (Wildman–Crippen MR) is 176 cm³/mol. The van der Waals surface area contributed by atoms with E-state index in [0.29, 0.717) is 43.0 Å². The highest BCUT2D eigenvalue weighted by Gasteiger charge is 2.57. The Morgan fingerprint density at radius 1 is 0.878 bits per heavy atom. The van der Waals surface area contributed by atoms with Gasteiger partial charge >= 0.3 is 6.01 Å². The van der Waals surface area contributed by atoms with Crippen LogP contribution in [0, 0.1) is 28.3 Å². The standard InChI is InChI=1S/C37H38F5N5O2/c38-28-6-1-21-13-24(48)14-27(29(21)31(28)40)25-4-5-26-32(30(25)39)44-34(45-33(26)47-15-22-2-3-23(16-47)43-22)49-20-36(7-8-36)19-46-11-9-35(10-12-46)17-37(41,42)18-35/h1,4-6,13-14,22-23,43,48H,2-3,7-12,15-20H2. The highest BCUT2D eigenvalue weighted by atomic mass is 19.3. The van der Waals surface area contributed by atoms with Crippen molar-refractivity contribution in [2.75, 3.05) is 44.2 Å². The van der Waals surface area contributed by atoms with Crippen molar-refractivity contribution in [3.05, 3.63) is 53.8 Å². The van der Waals surface area contributed by atoms with Gasteiger partial charge in [0, 0.05) is 66.3 Å². The van der Waals surface area contributed by atoms with Gasteiger partial charge in [-0.05, 0) is 92.2 Å². The lowest BCUT2D eigenvalue weighted by atomic mass is 9.61. The van der Waals surface area contributed by atoms with Crippen LogP contribution in [0.4, 0.5) is 27.8 Å². The summed E-state index contributed by atoms with van der Waals surface area (Å²) < 4.78 is 79.9. The average molecular weight is 680 g/mol. The van der Waals surface area contributed by atoms with E-state index in [-0.39, 0.29) is 62.8 Å². The van der Waals surface area contributed by atoms with Crippen molar-refractivity contribution in [1.82, 2.24) is 20.2 Å². The molecule has 0 amide bonds. The van der Waals surface area contributed by atoms with E-state index in [1.165, 1.54) is 24.3 Å². The first-order chi connectivity index (χ1) is 23.5. The van der Waals surface area contributed by atoms with Crippen molar-refractivity contribution in [3.63, 3.8) is 0 Å². The maximum Gasteiger partial charge on any atom is 0.319 e. The number of aromatic hydroxyl groups is 1. The van der Waals surface area contributed by atoms with Gasteiger partial charge < -0.3 is 25.0 Å². The number of piperazine rings is 1. The van der Waals surface area contributed by atoms with E-state index in [2.05, 4.69) is 20.1 Å². The van der Waals surface area contributed by atoms with Crippen LogP contribution in [0.1, 0.15) is 51.4 Å². The summed E-state index contributed by atoms with van der Waals surface area (Å²) in [7, 11) is 0. The van der Waals surface area contributed by atoms with Crippen LogP contribution in [0.25, 0.3) is 32.8 Å². The van der Waals surface area contributed by atoms with E-state index in [4.69, 9.17) is 9.72 Å². The van der Waals surface area contributed by atoms with Crippen molar-refractivity contribution >= 4 is 27.5 Å². The molecule has 2 bridgehead atoms. The summed E-state index contributed by atoms with van der Waals surface area (Å²) in [5.74, 6) is -5.10. The van der Waals surface area contributed by atoms with Crippen LogP contribution in [0.15, 0.2) is 36.4 Å². The Hall–Kier alpha value is -3.77. The Morgan fingerprint density at radius 3 is 2.31 bits per heavy atom. The normalized spacial score (nSPS) is 25.2. The molecular weight excluding hydrogens is 641 g/mol. The summed E-state index contributed by atoms with van der Waals surface area (Å²) in [5, 5.41) is 14.7. The lowest BCUT2D eigenvalue weighted by molar-refractivity contribution is -0.178. The van der Waals surface area contributed by atoms with E-state index in [1.807, 2.05) is 0 Å². The van der Waals surface area contributed by atoms with Crippen LogP contribution in [0.3, 0.4) is 0 Å². The fourth-order valence-electron chi connectivity index (χ4n) is 9.00. The Bertz CT molecular complexity index is 1960. The quantitative estimate of drug-likeness (QED) is 0.201. The summed E-state index contributed by atoms with van der Waals surface area (Å²) in [6, 6.07) is 8.71. The lowest BCUT2D eigenvalue weighted by Crippen LogP contribution is -2.53. The van der Waals surface area contributed by atoms with Crippen LogP contribution in [0.5, 0.6) is 11.8 Å². The van der Waals surface area contributed by atoms with E-state index < -0.39 is 23.4 Å². The molecule has 2 saturated carbocycles. The van der Waals surface area contributed by atoms with Gasteiger partial charge in [0.15, 0.2) is 17.5 Å². The fraction of sp³-hybridized carbons (Fsp3) is 0.514. The molecule has 4 aromatic rings. The SMILES string of the molecule is Oc1cc(-c2ccc3c(N4CC5CCC(C4)N5)nc(OCC4(CN5CCC6(CC5)CC(F)(F)C6)CC4)nc3c2F)c2c(F)c(F)ccc2c1. The van der Waals surface area contributed by atoms with Gasteiger partial charge in [-0.25, -0.2) is 22.0 Å². The van der Waals surface area contributed by atoms with Gasteiger partial charge in [0.25, 0.3) is 0 Å². The second-order valence-electron chi connectivity index (χ2n) is 15.4. The van der Waals surface area contributed by atoms with Crippen LogP contribution in [-0.4, -0.2) is 77.3 Å². The molecule has 258 valence electrons. The molecule has 2 aliphatic carbocycles. The number of fused-ring (bicyclic) bond motifs is 4. The zero-order chi connectivity index (χ0) is 33.7. The number of piperidine rings is 1. The lowest BCUT2D eigenvalue weighted by Gasteiger charge is -2.52. The molecule has 49 heavy (non-hydrogen) atoms. The summed E-state index contributed by atoms with van der Waals surface area (Å²) in [5.41, 5.74) is -0.331. The number of likely N-dealkylation sites (tertiary alicyclic amines) is 1. The topological polar surface area (TPSA) is 73.8 Å². The van der Waals surface area contributed by atoms with Crippen molar-refractivity contribution < 1.29 is 31.8 Å². The number of aromatic nitrogens is 2. The molecule has 3 aliphatic heterocycles. The zero-order valence-electron chi connectivity index (χ0n) is 27.1. The molecule has 7 nitrogen and oxygen atoms in total. The van der Waals surface area contributed by atoms with Gasteiger partial charge in [-0.3, -0.25) is 0 Å². The van der Waals surface area contributed by atoms with Gasteiger partial charge in [-0.1, -0.05) is 12.1 Å². The van der Waals surface area contributed by atoms with Gasteiger partial charge in [-0.2, -0.15) is 9.97 Å². The summed E-state index contributed by atoms with van der Waals surface area (Å²) in [6.45, 7) is 4.11. The first kappa shape index (κ1) is 31.2. The first-order valence-electron chi connectivity index (χ1n) is 17.3. The monoisotopic (exact) mass is 679 g/mol. The number of phenolic OH excluding ortho intramolecular Hbond substituents is 1. The molecular formula is C37H38F5N5O2. The average Bonchev–Trinajstić information content (AvgIpc) is 3.75. The molecule has 1 spiro atoms. The van der Waals surface area contributed by atoms with Crippen molar-refractivity contribution in [2.45, 2.75) is 69.4 Å². The van der Waals surface area contributed by atoms with Crippen LogP contribution < -0.4 is 15.0 Å². The predicted octanol–water partition coefficient (Wildman–Crippen LogP) is 7.18. The van der Waals surface area contributed by atoms with Gasteiger partial charge in [0.1, 0.15) is 17.1 Å². The third kappa shape index (κ3) is 5.55. The number of benzene rings is 3. The van der Waals surface area contributed by atoms with Crippen LogP contribution in [-0.2, 0) is 0 Å². The first-order valence-corrected chi connectivity index (χ1v) is 17.3. The number of hydrogen-bond acceptors (Lipinski definition) is 7. The molecule has 3 saturated heterocycles. The number of hydrogen-bond donors (Lipinski definition) is 2. The number of halogens is 5. The molecule has 5 fully saturated rings. The highest BCUT2D eigenvalue weighted by Crippen LogP contribution is 2.58. The smallest absolute Gasteiger partial charge is 0.319 e. The second kappa shape index (κ2) is 11.1. The number of nitrogens with zero attached hydrogens (tertiary/aromatic N) is 4. The molecule has 4 heterocycles. The van der Waals surface area contributed by atoms with Crippen LogP contribution >= 0.6 is 0 Å². The number of alkyl halides is 2. The van der Waals surface area contributed by atoms with E-state index in [9.17, 15) is 18.3 Å². The fourth-order valence-corrected chi connectivity index (χ4v) is 9.00. The van der Waals surface area contributed by atoms with E-state index >= 15 is 8.78 Å². The van der Waals surface area contributed by atoms with E-state index in [1.54, 1.807) is 6.07 Å². The second-order valence-corrected chi connectivity index (χ2v) is 15.4. The molecule has 1 aromatic heterocycles. The maximum absolute atomic E-state index is 16.8. The summed E-state index contributed by atoms with van der Waals surface area (Å²) in [6.07, 6.45) is 5.59. The minimum Gasteiger partial charge on any atom is -0.508 e. The number of nitrogens with one attached hydrogen (secondary N) is 1.